The van der Waals surface area contributed by atoms with Gasteiger partial charge in [-0.3, -0.25) is 9.58 Å². The van der Waals surface area contributed by atoms with Crippen LogP contribution in [0.3, 0.4) is 0 Å². The molecule has 19 heavy (non-hydrogen) atoms. The van der Waals surface area contributed by atoms with Gasteiger partial charge in [-0.15, -0.1) is 11.3 Å². The van der Waals surface area contributed by atoms with Crippen molar-refractivity contribution in [2.75, 3.05) is 12.0 Å². The summed E-state index contributed by atoms with van der Waals surface area (Å²) >= 11 is 1.87. The third-order valence-electron chi connectivity index (χ3n) is 3.75. The molecule has 0 saturated carbocycles. The van der Waals surface area contributed by atoms with E-state index in [1.54, 1.807) is 0 Å². The first-order valence-electron chi connectivity index (χ1n) is 6.45. The molecule has 2 aromatic rings. The second-order valence-electron chi connectivity index (χ2n) is 5.01. The van der Waals surface area contributed by atoms with Gasteiger partial charge in [0.05, 0.1) is 5.69 Å². The number of nitrogens with one attached hydrogen (secondary N) is 1. The number of aromatic nitrogens is 2. The molecule has 0 amide bonds. The Morgan fingerprint density at radius 3 is 3.16 bits per heavy atom. The Morgan fingerprint density at radius 1 is 1.53 bits per heavy atom. The summed E-state index contributed by atoms with van der Waals surface area (Å²) in [4.78, 5) is 4.00. The number of aryl methyl sites for hydroxylation is 2. The Bertz CT molecular complexity index is 586. The second-order valence-corrected chi connectivity index (χ2v) is 6.01. The van der Waals surface area contributed by atoms with Crippen LogP contribution in [-0.2, 0) is 26.6 Å². The predicted octanol–water partition coefficient (Wildman–Crippen LogP) is 1.63. The topological polar surface area (TPSA) is 59.1 Å². The number of anilines is 1. The highest BCUT2D eigenvalue weighted by atomic mass is 32.1. The maximum absolute atomic E-state index is 5.60. The van der Waals surface area contributed by atoms with Crippen molar-refractivity contribution in [2.45, 2.75) is 26.4 Å². The molecule has 0 saturated heterocycles. The van der Waals surface area contributed by atoms with E-state index in [0.29, 0.717) is 0 Å². The van der Waals surface area contributed by atoms with E-state index in [2.05, 4.69) is 26.9 Å². The quantitative estimate of drug-likeness (QED) is 0.661. The van der Waals surface area contributed by atoms with Crippen molar-refractivity contribution in [3.8, 4) is 0 Å². The first-order valence-corrected chi connectivity index (χ1v) is 7.33. The number of nitrogen functional groups attached to an aromatic ring is 1. The zero-order valence-electron chi connectivity index (χ0n) is 11.3. The van der Waals surface area contributed by atoms with Crippen molar-refractivity contribution >= 4 is 17.2 Å². The van der Waals surface area contributed by atoms with E-state index >= 15 is 0 Å². The van der Waals surface area contributed by atoms with E-state index in [1.807, 2.05) is 30.0 Å². The van der Waals surface area contributed by atoms with Gasteiger partial charge in [-0.2, -0.15) is 5.10 Å². The molecule has 0 radical (unpaired) electrons. The highest BCUT2D eigenvalue weighted by Gasteiger charge is 2.20. The van der Waals surface area contributed by atoms with Gasteiger partial charge in [0, 0.05) is 37.1 Å². The van der Waals surface area contributed by atoms with E-state index in [4.69, 9.17) is 5.84 Å². The molecule has 0 fully saturated rings. The third kappa shape index (κ3) is 2.27. The lowest BCUT2D eigenvalue weighted by Crippen LogP contribution is -2.29. The van der Waals surface area contributed by atoms with Gasteiger partial charge in [0.2, 0.25) is 0 Å². The molecule has 3 rings (SSSR count). The van der Waals surface area contributed by atoms with Crippen LogP contribution in [0.1, 0.15) is 21.7 Å². The van der Waals surface area contributed by atoms with Gasteiger partial charge in [-0.05, 0) is 30.4 Å². The largest absolute Gasteiger partial charge is 0.308 e. The molecule has 3 heterocycles. The molecule has 0 spiro atoms. The van der Waals surface area contributed by atoms with Crippen LogP contribution in [0.5, 0.6) is 0 Å². The molecule has 1 aliphatic heterocycles. The fourth-order valence-electron chi connectivity index (χ4n) is 2.74. The Kier molecular flexibility index (Phi) is 3.30. The molecule has 0 aliphatic carbocycles. The minimum atomic E-state index is 0.897. The number of hydrazine groups is 1. The van der Waals surface area contributed by atoms with Crippen LogP contribution in [0, 0.1) is 6.92 Å². The lowest BCUT2D eigenvalue weighted by Gasteiger charge is -2.27. The van der Waals surface area contributed by atoms with Crippen LogP contribution in [0.4, 0.5) is 5.82 Å². The van der Waals surface area contributed by atoms with E-state index in [-0.39, 0.29) is 0 Å². The molecular formula is C13H19N5S. The molecule has 6 heteroatoms. The molecule has 0 aromatic carbocycles. The summed E-state index contributed by atoms with van der Waals surface area (Å²) in [7, 11) is 1.92. The molecular weight excluding hydrogens is 258 g/mol. The minimum Gasteiger partial charge on any atom is -0.308 e. The van der Waals surface area contributed by atoms with Gasteiger partial charge in [0.1, 0.15) is 5.82 Å². The summed E-state index contributed by atoms with van der Waals surface area (Å²) in [6, 6.07) is 2.24. The zero-order chi connectivity index (χ0) is 13.4. The highest BCUT2D eigenvalue weighted by molar-refractivity contribution is 7.10. The monoisotopic (exact) mass is 277 g/mol. The van der Waals surface area contributed by atoms with Crippen LogP contribution in [0.2, 0.25) is 0 Å². The molecule has 0 unspecified atom stereocenters. The first-order chi connectivity index (χ1) is 9.19. The summed E-state index contributed by atoms with van der Waals surface area (Å²) in [5, 5.41) is 6.62. The average Bonchev–Trinajstić information content (AvgIpc) is 2.94. The smallest absolute Gasteiger partial charge is 0.142 e. The van der Waals surface area contributed by atoms with E-state index < -0.39 is 0 Å². The Balaban J connectivity index is 1.80. The van der Waals surface area contributed by atoms with Crippen LogP contribution in [0.25, 0.3) is 0 Å². The average molecular weight is 277 g/mol. The third-order valence-corrected chi connectivity index (χ3v) is 4.77. The Hall–Kier alpha value is -1.37. The number of hydrogen-bond donors (Lipinski definition) is 2. The minimum absolute atomic E-state index is 0.897. The molecule has 5 nitrogen and oxygen atoms in total. The lowest BCUT2D eigenvalue weighted by atomic mass is 10.1. The van der Waals surface area contributed by atoms with Crippen molar-refractivity contribution < 1.29 is 0 Å². The normalized spacial score (nSPS) is 15.5. The molecule has 3 N–H and O–H groups in total. The fourth-order valence-corrected chi connectivity index (χ4v) is 3.63. The highest BCUT2D eigenvalue weighted by Crippen LogP contribution is 2.27. The number of nitrogens with zero attached hydrogens (tertiary/aromatic N) is 3. The molecule has 0 atom stereocenters. The Labute approximate surface area is 117 Å². The van der Waals surface area contributed by atoms with Gasteiger partial charge >= 0.3 is 0 Å². The fraction of sp³-hybridized carbons (Fsp3) is 0.462. The molecule has 102 valence electrons. The zero-order valence-corrected chi connectivity index (χ0v) is 12.1. The number of nitrogens with two attached hydrogens (primary N) is 1. The summed E-state index contributed by atoms with van der Waals surface area (Å²) in [6.45, 7) is 5.06. The molecule has 0 bridgehead atoms. The number of hydrogen-bond acceptors (Lipinski definition) is 5. The number of fused-ring (bicyclic) bond motifs is 1. The van der Waals surface area contributed by atoms with Crippen molar-refractivity contribution in [1.29, 1.82) is 0 Å². The van der Waals surface area contributed by atoms with Crippen molar-refractivity contribution in [1.82, 2.24) is 14.7 Å². The van der Waals surface area contributed by atoms with Gasteiger partial charge in [0.25, 0.3) is 0 Å². The molecule has 1 aliphatic rings. The first kappa shape index (κ1) is 12.7. The maximum atomic E-state index is 5.60. The summed E-state index contributed by atoms with van der Waals surface area (Å²) in [5.41, 5.74) is 6.48. The van der Waals surface area contributed by atoms with Crippen LogP contribution >= 0.6 is 11.3 Å². The Morgan fingerprint density at radius 2 is 2.37 bits per heavy atom. The SMILES string of the molecule is Cc1nn(C)c(NN)c1CN1CCc2sccc2C1. The predicted molar refractivity (Wildman–Crippen MR) is 77.9 cm³/mol. The van der Waals surface area contributed by atoms with Crippen molar-refractivity contribution in [2.24, 2.45) is 12.9 Å². The standard InChI is InChI=1S/C13H19N5S/c1-9-11(13(15-14)17(2)16-9)8-18-5-3-12-10(7-18)4-6-19-12/h4,6,15H,3,5,7-8,14H2,1-2H3. The van der Waals surface area contributed by atoms with E-state index in [9.17, 15) is 0 Å². The second kappa shape index (κ2) is 4.96. The van der Waals surface area contributed by atoms with E-state index in [1.165, 1.54) is 16.0 Å². The molecule has 2 aromatic heterocycles. The van der Waals surface area contributed by atoms with Crippen LogP contribution < -0.4 is 11.3 Å². The van der Waals surface area contributed by atoms with Gasteiger partial charge in [-0.1, -0.05) is 0 Å². The lowest BCUT2D eigenvalue weighted by molar-refractivity contribution is 0.247. The van der Waals surface area contributed by atoms with Gasteiger partial charge < -0.3 is 5.43 Å². The summed E-state index contributed by atoms with van der Waals surface area (Å²) < 4.78 is 1.81. The van der Waals surface area contributed by atoms with Gasteiger partial charge in [-0.25, -0.2) is 5.84 Å². The number of thiophene rings is 1. The van der Waals surface area contributed by atoms with Crippen molar-refractivity contribution in [3.63, 3.8) is 0 Å². The maximum Gasteiger partial charge on any atom is 0.142 e. The van der Waals surface area contributed by atoms with Crippen LogP contribution in [-0.4, -0.2) is 21.2 Å². The van der Waals surface area contributed by atoms with Crippen LogP contribution in [0.15, 0.2) is 11.4 Å². The summed E-state index contributed by atoms with van der Waals surface area (Å²) in [5.74, 6) is 6.51. The van der Waals surface area contributed by atoms with Gasteiger partial charge in [0.15, 0.2) is 0 Å². The summed E-state index contributed by atoms with van der Waals surface area (Å²) in [6.07, 6.45) is 1.15. The van der Waals surface area contributed by atoms with E-state index in [0.717, 1.165) is 37.6 Å². The van der Waals surface area contributed by atoms with Crippen molar-refractivity contribution in [3.05, 3.63) is 33.1 Å². The number of rotatable bonds is 3.